The number of pyridine rings is 1. The van der Waals surface area contributed by atoms with E-state index in [1.807, 2.05) is 37.6 Å². The van der Waals surface area contributed by atoms with E-state index in [1.165, 1.54) is 0 Å². The molecule has 2 fully saturated rings. The second kappa shape index (κ2) is 6.69. The molecule has 0 bridgehead atoms. The van der Waals surface area contributed by atoms with Gasteiger partial charge in [0.25, 0.3) is 0 Å². The number of hydrogen-bond donors (Lipinski definition) is 0. The van der Waals surface area contributed by atoms with Crippen molar-refractivity contribution in [2.45, 2.75) is 38.0 Å². The van der Waals surface area contributed by atoms with Gasteiger partial charge < -0.3 is 9.64 Å². The van der Waals surface area contributed by atoms with E-state index in [2.05, 4.69) is 37.9 Å². The molecule has 0 N–H and O–H groups in total. The Morgan fingerprint density at radius 2 is 2.12 bits per heavy atom. The van der Waals surface area contributed by atoms with Crippen LogP contribution in [0.25, 0.3) is 0 Å². The van der Waals surface area contributed by atoms with Crippen LogP contribution in [0.15, 0.2) is 36.8 Å². The summed E-state index contributed by atoms with van der Waals surface area (Å²) in [5.41, 5.74) is 2.13. The van der Waals surface area contributed by atoms with Crippen molar-refractivity contribution in [3.8, 4) is 0 Å². The maximum atomic E-state index is 6.29. The molecule has 2 atom stereocenters. The molecule has 4 rings (SSSR count). The highest BCUT2D eigenvalue weighted by atomic mass is 16.5. The molecule has 0 aliphatic carbocycles. The third-order valence-electron chi connectivity index (χ3n) is 5.32. The van der Waals surface area contributed by atoms with Crippen molar-refractivity contribution in [2.75, 3.05) is 31.6 Å². The van der Waals surface area contributed by atoms with Crippen molar-refractivity contribution in [1.82, 2.24) is 19.9 Å². The third-order valence-corrected chi connectivity index (χ3v) is 5.32. The minimum Gasteiger partial charge on any atom is -0.371 e. The number of aryl methyl sites for hydroxylation is 1. The summed E-state index contributed by atoms with van der Waals surface area (Å²) < 4.78 is 6.29. The van der Waals surface area contributed by atoms with E-state index in [1.54, 1.807) is 0 Å². The molecule has 0 aromatic carbocycles. The van der Waals surface area contributed by atoms with Gasteiger partial charge in [-0.05, 0) is 44.5 Å². The van der Waals surface area contributed by atoms with Gasteiger partial charge in [0.2, 0.25) is 5.95 Å². The Balaban J connectivity index is 1.38. The molecule has 2 aromatic heterocycles. The molecule has 0 amide bonds. The molecule has 2 aliphatic heterocycles. The molecule has 0 radical (unpaired) electrons. The first kappa shape index (κ1) is 16.4. The van der Waals surface area contributed by atoms with Crippen LogP contribution >= 0.6 is 0 Å². The lowest BCUT2D eigenvalue weighted by Gasteiger charge is -2.25. The molecule has 1 spiro atoms. The lowest BCUT2D eigenvalue weighted by Crippen LogP contribution is -2.36. The Morgan fingerprint density at radius 1 is 1.28 bits per heavy atom. The average Bonchev–Trinajstić information content (AvgIpc) is 3.24. The molecular formula is C19H25N5O. The number of aromatic nitrogens is 3. The highest BCUT2D eigenvalue weighted by Crippen LogP contribution is 2.37. The maximum absolute atomic E-state index is 6.29. The number of anilines is 1. The number of hydrogen-bond acceptors (Lipinski definition) is 6. The second-order valence-corrected chi connectivity index (χ2v) is 7.32. The molecule has 6 heteroatoms. The van der Waals surface area contributed by atoms with Gasteiger partial charge in [0, 0.05) is 44.3 Å². The van der Waals surface area contributed by atoms with Crippen molar-refractivity contribution >= 4 is 5.95 Å². The molecule has 2 aliphatic rings. The zero-order chi connectivity index (χ0) is 17.3. The van der Waals surface area contributed by atoms with Gasteiger partial charge in [0.05, 0.1) is 17.9 Å². The lowest BCUT2D eigenvalue weighted by atomic mass is 9.96. The fraction of sp³-hybridized carbons (Fsp3) is 0.526. The standard InChI is InChI=1S/C19H25N5O/c1-15-10-21-18(22-11-15)24-8-6-19(14-24)9-17(13-25-19)23(2)12-16-5-3-4-7-20-16/h3-5,7,10-11,17H,6,8-9,12-14H2,1-2H3/t17-,19+/m1/s1. The summed E-state index contributed by atoms with van der Waals surface area (Å²) in [7, 11) is 2.16. The molecule has 4 heterocycles. The van der Waals surface area contributed by atoms with Crippen LogP contribution in [0, 0.1) is 6.92 Å². The normalized spacial score (nSPS) is 26.0. The van der Waals surface area contributed by atoms with E-state index in [0.29, 0.717) is 6.04 Å². The maximum Gasteiger partial charge on any atom is 0.225 e. The molecule has 2 saturated heterocycles. The zero-order valence-corrected chi connectivity index (χ0v) is 14.9. The first-order valence-corrected chi connectivity index (χ1v) is 8.91. The largest absolute Gasteiger partial charge is 0.371 e. The van der Waals surface area contributed by atoms with Crippen molar-refractivity contribution in [2.24, 2.45) is 0 Å². The molecule has 0 saturated carbocycles. The quantitative estimate of drug-likeness (QED) is 0.850. The van der Waals surface area contributed by atoms with E-state index in [4.69, 9.17) is 4.74 Å². The number of ether oxygens (including phenoxy) is 1. The summed E-state index contributed by atoms with van der Waals surface area (Å²) in [4.78, 5) is 18.0. The zero-order valence-electron chi connectivity index (χ0n) is 14.9. The van der Waals surface area contributed by atoms with Gasteiger partial charge in [0.1, 0.15) is 0 Å². The van der Waals surface area contributed by atoms with Gasteiger partial charge >= 0.3 is 0 Å². The first-order valence-electron chi connectivity index (χ1n) is 8.91. The number of nitrogens with zero attached hydrogens (tertiary/aromatic N) is 5. The topological polar surface area (TPSA) is 54.4 Å². The van der Waals surface area contributed by atoms with Crippen LogP contribution in [0.4, 0.5) is 5.95 Å². The number of rotatable bonds is 4. The van der Waals surface area contributed by atoms with Gasteiger partial charge in [0.15, 0.2) is 0 Å². The van der Waals surface area contributed by atoms with Gasteiger partial charge in [-0.15, -0.1) is 0 Å². The van der Waals surface area contributed by atoms with Crippen molar-refractivity contribution in [3.63, 3.8) is 0 Å². The van der Waals surface area contributed by atoms with Crippen LogP contribution < -0.4 is 4.90 Å². The van der Waals surface area contributed by atoms with E-state index in [-0.39, 0.29) is 5.60 Å². The highest BCUT2D eigenvalue weighted by Gasteiger charge is 2.47. The van der Waals surface area contributed by atoms with E-state index < -0.39 is 0 Å². The van der Waals surface area contributed by atoms with E-state index >= 15 is 0 Å². The van der Waals surface area contributed by atoms with Crippen LogP contribution in [-0.2, 0) is 11.3 Å². The van der Waals surface area contributed by atoms with Crippen molar-refractivity contribution in [1.29, 1.82) is 0 Å². The molecule has 6 nitrogen and oxygen atoms in total. The number of likely N-dealkylation sites (N-methyl/N-ethyl adjacent to an activating group) is 1. The van der Waals surface area contributed by atoms with Gasteiger partial charge in [-0.3, -0.25) is 9.88 Å². The summed E-state index contributed by atoms with van der Waals surface area (Å²) in [5, 5.41) is 0. The minimum atomic E-state index is -0.0582. The van der Waals surface area contributed by atoms with E-state index in [9.17, 15) is 0 Å². The Labute approximate surface area is 148 Å². The van der Waals surface area contributed by atoms with Gasteiger partial charge in [-0.1, -0.05) is 6.07 Å². The molecule has 132 valence electrons. The van der Waals surface area contributed by atoms with Crippen LogP contribution in [0.1, 0.15) is 24.1 Å². The van der Waals surface area contributed by atoms with Crippen molar-refractivity contribution in [3.05, 3.63) is 48.0 Å². The average molecular weight is 339 g/mol. The predicted octanol–water partition coefficient (Wildman–Crippen LogP) is 2.05. The Morgan fingerprint density at radius 3 is 2.88 bits per heavy atom. The Hall–Kier alpha value is -2.05. The lowest BCUT2D eigenvalue weighted by molar-refractivity contribution is 0.0205. The van der Waals surface area contributed by atoms with Gasteiger partial charge in [-0.25, -0.2) is 9.97 Å². The summed E-state index contributed by atoms with van der Waals surface area (Å²) in [6.07, 6.45) is 7.71. The van der Waals surface area contributed by atoms with E-state index in [0.717, 1.165) is 56.3 Å². The third kappa shape index (κ3) is 3.50. The molecule has 0 unspecified atom stereocenters. The fourth-order valence-electron chi connectivity index (χ4n) is 3.83. The van der Waals surface area contributed by atoms with Crippen LogP contribution in [0.2, 0.25) is 0 Å². The van der Waals surface area contributed by atoms with Gasteiger partial charge in [-0.2, -0.15) is 0 Å². The predicted molar refractivity (Wildman–Crippen MR) is 96.4 cm³/mol. The second-order valence-electron chi connectivity index (χ2n) is 7.32. The Kier molecular flexibility index (Phi) is 4.39. The summed E-state index contributed by atoms with van der Waals surface area (Å²) in [6, 6.07) is 6.51. The smallest absolute Gasteiger partial charge is 0.225 e. The molecule has 2 aromatic rings. The fourth-order valence-corrected chi connectivity index (χ4v) is 3.83. The SMILES string of the molecule is Cc1cnc(N2CC[C@]3(C[C@@H](N(C)Cc4ccccn4)CO3)C2)nc1. The van der Waals surface area contributed by atoms with Crippen LogP contribution in [0.3, 0.4) is 0 Å². The van der Waals surface area contributed by atoms with Crippen LogP contribution in [0.5, 0.6) is 0 Å². The molecule has 25 heavy (non-hydrogen) atoms. The summed E-state index contributed by atoms with van der Waals surface area (Å²) >= 11 is 0. The highest BCUT2D eigenvalue weighted by molar-refractivity contribution is 5.33. The minimum absolute atomic E-state index is 0.0582. The van der Waals surface area contributed by atoms with Crippen LogP contribution in [-0.4, -0.2) is 58.2 Å². The Bertz CT molecular complexity index is 708. The molecular weight excluding hydrogens is 314 g/mol. The summed E-state index contributed by atoms with van der Waals surface area (Å²) in [5.74, 6) is 0.816. The van der Waals surface area contributed by atoms with Crippen molar-refractivity contribution < 1.29 is 4.74 Å². The first-order chi connectivity index (χ1) is 12.1. The summed E-state index contributed by atoms with van der Waals surface area (Å²) in [6.45, 7) is 5.49. The monoisotopic (exact) mass is 339 g/mol.